The lowest BCUT2D eigenvalue weighted by Crippen LogP contribution is -2.32. The van der Waals surface area contributed by atoms with Crippen LogP contribution in [0.1, 0.15) is 16.7 Å². The Labute approximate surface area is 143 Å². The van der Waals surface area contributed by atoms with Crippen molar-refractivity contribution in [1.82, 2.24) is 0 Å². The second-order valence-electron chi connectivity index (χ2n) is 5.73. The van der Waals surface area contributed by atoms with Crippen LogP contribution in [0, 0.1) is 6.92 Å². The van der Waals surface area contributed by atoms with Gasteiger partial charge in [0.15, 0.2) is 5.84 Å². The first kappa shape index (κ1) is 15.8. The Morgan fingerprint density at radius 3 is 2.00 bits per heavy atom. The van der Waals surface area contributed by atoms with Crippen LogP contribution in [-0.4, -0.2) is 5.84 Å². The fraction of sp³-hybridized carbons (Fsp3) is 0.0952. The van der Waals surface area contributed by atoms with Crippen molar-refractivity contribution in [2.75, 3.05) is 4.90 Å². The molecule has 3 aromatic rings. The van der Waals surface area contributed by atoms with E-state index in [0.29, 0.717) is 6.54 Å². The van der Waals surface area contributed by atoms with Crippen molar-refractivity contribution in [3.05, 3.63) is 102 Å². The molecule has 3 nitrogen and oxygen atoms in total. The van der Waals surface area contributed by atoms with Crippen LogP contribution < -0.4 is 10.7 Å². The summed E-state index contributed by atoms with van der Waals surface area (Å²) >= 11 is 0. The molecular formula is C21H21N3. The van der Waals surface area contributed by atoms with E-state index in [2.05, 4.69) is 53.3 Å². The zero-order valence-electron chi connectivity index (χ0n) is 13.8. The SMILES string of the molecule is Cc1ccc(N(Cc2ccccc2)/C(=N\N)c2ccccc2)cc1. The van der Waals surface area contributed by atoms with Crippen LogP contribution in [0.15, 0.2) is 90.0 Å². The summed E-state index contributed by atoms with van der Waals surface area (Å²) in [7, 11) is 0. The van der Waals surface area contributed by atoms with Crippen molar-refractivity contribution < 1.29 is 0 Å². The highest BCUT2D eigenvalue weighted by Crippen LogP contribution is 2.21. The smallest absolute Gasteiger partial charge is 0.160 e. The molecule has 0 aliphatic rings. The van der Waals surface area contributed by atoms with E-state index in [-0.39, 0.29) is 0 Å². The second-order valence-corrected chi connectivity index (χ2v) is 5.73. The van der Waals surface area contributed by atoms with Gasteiger partial charge in [-0.25, -0.2) is 0 Å². The van der Waals surface area contributed by atoms with E-state index in [9.17, 15) is 0 Å². The van der Waals surface area contributed by atoms with Crippen LogP contribution in [0.5, 0.6) is 0 Å². The molecule has 24 heavy (non-hydrogen) atoms. The zero-order valence-corrected chi connectivity index (χ0v) is 13.8. The first-order chi connectivity index (χ1) is 11.8. The first-order valence-corrected chi connectivity index (χ1v) is 7.99. The zero-order chi connectivity index (χ0) is 16.8. The van der Waals surface area contributed by atoms with Crippen LogP contribution in [0.25, 0.3) is 0 Å². The molecule has 3 aromatic carbocycles. The fourth-order valence-electron chi connectivity index (χ4n) is 2.67. The highest BCUT2D eigenvalue weighted by atomic mass is 15.3. The van der Waals surface area contributed by atoms with E-state index >= 15 is 0 Å². The van der Waals surface area contributed by atoms with Crippen molar-refractivity contribution >= 4 is 11.5 Å². The standard InChI is InChI=1S/C21H21N3/c1-17-12-14-20(15-13-17)24(16-18-8-4-2-5-9-18)21(23-22)19-10-6-3-7-11-19/h2-15H,16,22H2,1H3/b23-21-. The Kier molecular flexibility index (Phi) is 4.92. The molecule has 0 aliphatic carbocycles. The molecule has 0 amide bonds. The first-order valence-electron chi connectivity index (χ1n) is 7.99. The van der Waals surface area contributed by atoms with Crippen LogP contribution in [0.4, 0.5) is 5.69 Å². The maximum atomic E-state index is 5.77. The van der Waals surface area contributed by atoms with Gasteiger partial charge in [0.05, 0.1) is 0 Å². The van der Waals surface area contributed by atoms with Gasteiger partial charge in [0, 0.05) is 17.8 Å². The van der Waals surface area contributed by atoms with Crippen LogP contribution in [-0.2, 0) is 6.54 Å². The highest BCUT2D eigenvalue weighted by molar-refractivity contribution is 6.09. The maximum absolute atomic E-state index is 5.77. The number of aryl methyl sites for hydroxylation is 1. The second kappa shape index (κ2) is 7.47. The molecule has 0 saturated heterocycles. The molecule has 0 aromatic heterocycles. The van der Waals surface area contributed by atoms with Gasteiger partial charge in [0.25, 0.3) is 0 Å². The number of anilines is 1. The minimum Gasteiger partial charge on any atom is -0.321 e. The summed E-state index contributed by atoms with van der Waals surface area (Å²) in [6.45, 7) is 2.79. The van der Waals surface area contributed by atoms with Gasteiger partial charge in [-0.3, -0.25) is 0 Å². The van der Waals surface area contributed by atoms with E-state index in [1.54, 1.807) is 0 Å². The normalized spacial score (nSPS) is 11.3. The van der Waals surface area contributed by atoms with Crippen LogP contribution in [0.3, 0.4) is 0 Å². The number of nitrogens with zero attached hydrogens (tertiary/aromatic N) is 2. The minimum absolute atomic E-state index is 0.703. The number of benzene rings is 3. The summed E-state index contributed by atoms with van der Waals surface area (Å²) in [5.74, 6) is 6.53. The Hall–Kier alpha value is -3.07. The lowest BCUT2D eigenvalue weighted by molar-refractivity contribution is 0.990. The Morgan fingerprint density at radius 2 is 1.42 bits per heavy atom. The number of hydrogen-bond donors (Lipinski definition) is 1. The molecule has 0 atom stereocenters. The van der Waals surface area contributed by atoms with Gasteiger partial charge in [-0.05, 0) is 24.6 Å². The number of hydrogen-bond acceptors (Lipinski definition) is 2. The third-order valence-corrected chi connectivity index (χ3v) is 3.94. The molecule has 3 heteroatoms. The molecule has 0 aliphatic heterocycles. The summed E-state index contributed by atoms with van der Waals surface area (Å²) in [6, 6.07) is 28.8. The van der Waals surface area contributed by atoms with Gasteiger partial charge in [-0.15, -0.1) is 0 Å². The Balaban J connectivity index is 2.02. The third kappa shape index (κ3) is 3.63. The highest BCUT2D eigenvalue weighted by Gasteiger charge is 2.16. The molecular weight excluding hydrogens is 294 g/mol. The van der Waals surface area contributed by atoms with Gasteiger partial charge in [-0.1, -0.05) is 78.4 Å². The quantitative estimate of drug-likeness (QED) is 0.337. The number of nitrogens with two attached hydrogens (primary N) is 1. The maximum Gasteiger partial charge on any atom is 0.160 e. The monoisotopic (exact) mass is 315 g/mol. The number of amidine groups is 1. The molecule has 120 valence electrons. The molecule has 0 heterocycles. The minimum atomic E-state index is 0.703. The average molecular weight is 315 g/mol. The van der Waals surface area contributed by atoms with Gasteiger partial charge in [0.2, 0.25) is 0 Å². The van der Waals surface area contributed by atoms with Crippen LogP contribution in [0.2, 0.25) is 0 Å². The van der Waals surface area contributed by atoms with E-state index in [1.165, 1.54) is 11.1 Å². The molecule has 0 radical (unpaired) electrons. The van der Waals surface area contributed by atoms with Crippen LogP contribution >= 0.6 is 0 Å². The lowest BCUT2D eigenvalue weighted by Gasteiger charge is -2.26. The van der Waals surface area contributed by atoms with Crippen molar-refractivity contribution in [3.8, 4) is 0 Å². The topological polar surface area (TPSA) is 41.6 Å². The van der Waals surface area contributed by atoms with Crippen molar-refractivity contribution in [2.45, 2.75) is 13.5 Å². The van der Waals surface area contributed by atoms with Gasteiger partial charge >= 0.3 is 0 Å². The van der Waals surface area contributed by atoms with Gasteiger partial charge in [-0.2, -0.15) is 5.10 Å². The largest absolute Gasteiger partial charge is 0.321 e. The number of hydrazone groups is 1. The molecule has 0 unspecified atom stereocenters. The number of rotatable bonds is 4. The molecule has 3 rings (SSSR count). The van der Waals surface area contributed by atoms with Crippen molar-refractivity contribution in [1.29, 1.82) is 0 Å². The molecule has 0 fully saturated rings. The molecule has 2 N–H and O–H groups in total. The molecule has 0 spiro atoms. The van der Waals surface area contributed by atoms with E-state index < -0.39 is 0 Å². The van der Waals surface area contributed by atoms with E-state index in [0.717, 1.165) is 17.1 Å². The van der Waals surface area contributed by atoms with Gasteiger partial charge < -0.3 is 10.7 Å². The predicted octanol–water partition coefficient (Wildman–Crippen LogP) is 4.32. The van der Waals surface area contributed by atoms with Gasteiger partial charge in [0.1, 0.15) is 0 Å². The summed E-state index contributed by atoms with van der Waals surface area (Å²) in [6.07, 6.45) is 0. The summed E-state index contributed by atoms with van der Waals surface area (Å²) in [4.78, 5) is 2.14. The summed E-state index contributed by atoms with van der Waals surface area (Å²) in [5, 5.41) is 4.10. The molecule has 0 saturated carbocycles. The Morgan fingerprint density at radius 1 is 0.833 bits per heavy atom. The summed E-state index contributed by atoms with van der Waals surface area (Å²) in [5.41, 5.74) is 4.49. The molecule has 0 bridgehead atoms. The predicted molar refractivity (Wildman–Crippen MR) is 101 cm³/mol. The summed E-state index contributed by atoms with van der Waals surface area (Å²) < 4.78 is 0. The third-order valence-electron chi connectivity index (χ3n) is 3.94. The van der Waals surface area contributed by atoms with Crippen molar-refractivity contribution in [2.24, 2.45) is 10.9 Å². The van der Waals surface area contributed by atoms with E-state index in [1.807, 2.05) is 48.5 Å². The van der Waals surface area contributed by atoms with E-state index in [4.69, 9.17) is 5.84 Å². The fourth-order valence-corrected chi connectivity index (χ4v) is 2.67. The average Bonchev–Trinajstić information content (AvgIpc) is 2.64. The lowest BCUT2D eigenvalue weighted by atomic mass is 10.1. The van der Waals surface area contributed by atoms with Crippen molar-refractivity contribution in [3.63, 3.8) is 0 Å². The Bertz CT molecular complexity index is 794.